The number of carbonyl (C=O) groups excluding carboxylic acids is 2. The van der Waals surface area contributed by atoms with Crippen LogP contribution in [0.4, 0.5) is 0 Å². The molecule has 2 aromatic rings. The minimum Gasteiger partial charge on any atom is -0.493 e. The van der Waals surface area contributed by atoms with E-state index in [-0.39, 0.29) is 18.5 Å². The summed E-state index contributed by atoms with van der Waals surface area (Å²) >= 11 is 0. The second kappa shape index (κ2) is 10.4. The topological polar surface area (TPSA) is 85.9 Å². The normalized spacial score (nSPS) is 11.3. The van der Waals surface area contributed by atoms with Crippen LogP contribution in [0.15, 0.2) is 36.4 Å². The molecule has 2 rings (SSSR count). The third-order valence-electron chi connectivity index (χ3n) is 4.60. The van der Waals surface area contributed by atoms with Gasteiger partial charge in [-0.05, 0) is 36.6 Å². The van der Waals surface area contributed by atoms with E-state index in [4.69, 9.17) is 14.2 Å². The zero-order chi connectivity index (χ0) is 21.4. The van der Waals surface area contributed by atoms with Gasteiger partial charge in [0.2, 0.25) is 11.7 Å². The molecule has 156 valence electrons. The number of ether oxygens (including phenoxy) is 3. The Balaban J connectivity index is 1.98. The summed E-state index contributed by atoms with van der Waals surface area (Å²) in [4.78, 5) is 24.7. The lowest BCUT2D eigenvalue weighted by Crippen LogP contribution is -2.38. The standard InChI is InChI=1S/C22H28N2O5/c1-6-15-7-9-16(10-8-15)14(2)24-20(25)13-23-22(26)17-11-18(27-3)21(29-5)19(12-17)28-4/h7-12,14H,6,13H2,1-5H3,(H,23,26)(H,24,25)/t14-/m0/s1. The monoisotopic (exact) mass is 400 g/mol. The van der Waals surface area contributed by atoms with Crippen LogP contribution in [0.25, 0.3) is 0 Å². The quantitative estimate of drug-likeness (QED) is 0.676. The van der Waals surface area contributed by atoms with Gasteiger partial charge in [0, 0.05) is 5.56 Å². The summed E-state index contributed by atoms with van der Waals surface area (Å²) in [5, 5.41) is 5.49. The van der Waals surface area contributed by atoms with E-state index >= 15 is 0 Å². The molecule has 0 bridgehead atoms. The second-order valence-corrected chi connectivity index (χ2v) is 6.48. The summed E-state index contributed by atoms with van der Waals surface area (Å²) in [6, 6.07) is 11.0. The number of nitrogens with one attached hydrogen (secondary N) is 2. The minimum absolute atomic E-state index is 0.146. The Morgan fingerprint density at radius 2 is 1.55 bits per heavy atom. The smallest absolute Gasteiger partial charge is 0.251 e. The van der Waals surface area contributed by atoms with Crippen molar-refractivity contribution in [3.8, 4) is 17.2 Å². The van der Waals surface area contributed by atoms with Gasteiger partial charge < -0.3 is 24.8 Å². The van der Waals surface area contributed by atoms with Gasteiger partial charge in [0.25, 0.3) is 5.91 Å². The first kappa shape index (κ1) is 22.1. The van der Waals surface area contributed by atoms with Crippen molar-refractivity contribution >= 4 is 11.8 Å². The van der Waals surface area contributed by atoms with Gasteiger partial charge in [-0.1, -0.05) is 31.2 Å². The predicted molar refractivity (Wildman–Crippen MR) is 111 cm³/mol. The van der Waals surface area contributed by atoms with Crippen molar-refractivity contribution < 1.29 is 23.8 Å². The van der Waals surface area contributed by atoms with Crippen LogP contribution >= 0.6 is 0 Å². The van der Waals surface area contributed by atoms with Gasteiger partial charge in [0.15, 0.2) is 11.5 Å². The first-order valence-corrected chi connectivity index (χ1v) is 9.39. The van der Waals surface area contributed by atoms with Gasteiger partial charge in [-0.25, -0.2) is 0 Å². The van der Waals surface area contributed by atoms with E-state index in [1.807, 2.05) is 31.2 Å². The van der Waals surface area contributed by atoms with Crippen LogP contribution in [0.5, 0.6) is 17.2 Å². The molecule has 0 aliphatic rings. The number of aryl methyl sites for hydroxylation is 1. The molecule has 2 aromatic carbocycles. The number of hydrogen-bond acceptors (Lipinski definition) is 5. The number of carbonyl (C=O) groups is 2. The highest BCUT2D eigenvalue weighted by atomic mass is 16.5. The lowest BCUT2D eigenvalue weighted by molar-refractivity contribution is -0.120. The summed E-state index contributed by atoms with van der Waals surface area (Å²) in [7, 11) is 4.43. The van der Waals surface area contributed by atoms with Crippen LogP contribution in [0.1, 0.15) is 41.4 Å². The third kappa shape index (κ3) is 5.63. The van der Waals surface area contributed by atoms with E-state index in [0.29, 0.717) is 22.8 Å². The van der Waals surface area contributed by atoms with Gasteiger partial charge >= 0.3 is 0 Å². The van der Waals surface area contributed by atoms with Crippen molar-refractivity contribution in [3.63, 3.8) is 0 Å². The van der Waals surface area contributed by atoms with Crippen LogP contribution in [-0.4, -0.2) is 39.7 Å². The van der Waals surface area contributed by atoms with Crippen LogP contribution in [0.2, 0.25) is 0 Å². The molecule has 0 radical (unpaired) electrons. The van der Waals surface area contributed by atoms with Crippen molar-refractivity contribution in [2.75, 3.05) is 27.9 Å². The number of benzene rings is 2. The van der Waals surface area contributed by atoms with Gasteiger partial charge in [-0.2, -0.15) is 0 Å². The molecule has 2 amide bonds. The number of amides is 2. The summed E-state index contributed by atoms with van der Waals surface area (Å²) in [6.45, 7) is 3.85. The van der Waals surface area contributed by atoms with Gasteiger partial charge in [0.05, 0.1) is 33.9 Å². The maximum absolute atomic E-state index is 12.5. The summed E-state index contributed by atoms with van der Waals surface area (Å²) in [6.07, 6.45) is 0.966. The minimum atomic E-state index is -0.417. The predicted octanol–water partition coefficient (Wildman–Crippen LogP) is 2.88. The van der Waals surface area contributed by atoms with E-state index in [9.17, 15) is 9.59 Å². The van der Waals surface area contributed by atoms with Gasteiger partial charge in [0.1, 0.15) is 0 Å². The second-order valence-electron chi connectivity index (χ2n) is 6.48. The molecule has 0 heterocycles. The highest BCUT2D eigenvalue weighted by Crippen LogP contribution is 2.38. The van der Waals surface area contributed by atoms with E-state index < -0.39 is 5.91 Å². The molecule has 0 fully saturated rings. The van der Waals surface area contributed by atoms with Crippen LogP contribution in [0.3, 0.4) is 0 Å². The van der Waals surface area contributed by atoms with E-state index in [1.165, 1.54) is 39.0 Å². The summed E-state index contributed by atoms with van der Waals surface area (Å²) < 4.78 is 15.7. The molecule has 29 heavy (non-hydrogen) atoms. The number of rotatable bonds is 9. The zero-order valence-electron chi connectivity index (χ0n) is 17.5. The van der Waals surface area contributed by atoms with Crippen molar-refractivity contribution in [2.24, 2.45) is 0 Å². The number of methoxy groups -OCH3 is 3. The van der Waals surface area contributed by atoms with Crippen LogP contribution < -0.4 is 24.8 Å². The maximum Gasteiger partial charge on any atom is 0.251 e. The van der Waals surface area contributed by atoms with Crippen molar-refractivity contribution in [1.29, 1.82) is 0 Å². The summed E-state index contributed by atoms with van der Waals surface area (Å²) in [5.74, 6) is 0.431. The molecule has 0 spiro atoms. The molecule has 2 N–H and O–H groups in total. The molecule has 0 saturated carbocycles. The average Bonchev–Trinajstić information content (AvgIpc) is 2.76. The third-order valence-corrected chi connectivity index (χ3v) is 4.60. The molecular formula is C22H28N2O5. The molecule has 0 unspecified atom stereocenters. The lowest BCUT2D eigenvalue weighted by Gasteiger charge is -2.16. The molecule has 0 aliphatic carbocycles. The Morgan fingerprint density at radius 3 is 2.03 bits per heavy atom. The average molecular weight is 400 g/mol. The van der Waals surface area contributed by atoms with E-state index in [0.717, 1.165) is 12.0 Å². The Kier molecular flexibility index (Phi) is 7.88. The maximum atomic E-state index is 12.5. The highest BCUT2D eigenvalue weighted by Gasteiger charge is 2.18. The first-order valence-electron chi connectivity index (χ1n) is 9.39. The van der Waals surface area contributed by atoms with Crippen molar-refractivity contribution in [2.45, 2.75) is 26.3 Å². The molecule has 0 saturated heterocycles. The highest BCUT2D eigenvalue weighted by molar-refractivity contribution is 5.97. The molecule has 1 atom stereocenters. The fraction of sp³-hybridized carbons (Fsp3) is 0.364. The van der Waals surface area contributed by atoms with Gasteiger partial charge in [-0.3, -0.25) is 9.59 Å². The van der Waals surface area contributed by atoms with Crippen LogP contribution in [0, 0.1) is 0 Å². The van der Waals surface area contributed by atoms with Crippen molar-refractivity contribution in [1.82, 2.24) is 10.6 Å². The van der Waals surface area contributed by atoms with E-state index in [1.54, 1.807) is 0 Å². The Bertz CT molecular complexity index is 824. The molecular weight excluding hydrogens is 372 g/mol. The first-order chi connectivity index (χ1) is 13.9. The molecule has 7 heteroatoms. The zero-order valence-corrected chi connectivity index (χ0v) is 17.5. The fourth-order valence-corrected chi connectivity index (χ4v) is 2.89. The largest absolute Gasteiger partial charge is 0.493 e. The molecule has 0 aromatic heterocycles. The van der Waals surface area contributed by atoms with E-state index in [2.05, 4.69) is 17.6 Å². The van der Waals surface area contributed by atoms with Gasteiger partial charge in [-0.15, -0.1) is 0 Å². The van der Waals surface area contributed by atoms with Crippen LogP contribution in [-0.2, 0) is 11.2 Å². The van der Waals surface area contributed by atoms with Crippen molar-refractivity contribution in [3.05, 3.63) is 53.1 Å². The summed E-state index contributed by atoms with van der Waals surface area (Å²) in [5.41, 5.74) is 2.55. The number of hydrogen-bond donors (Lipinski definition) is 2. The Labute approximate surface area is 171 Å². The molecule has 0 aliphatic heterocycles. The fourth-order valence-electron chi connectivity index (χ4n) is 2.89. The lowest BCUT2D eigenvalue weighted by atomic mass is 10.1. The Morgan fingerprint density at radius 1 is 0.966 bits per heavy atom. The Hall–Kier alpha value is -3.22. The molecule has 7 nitrogen and oxygen atoms in total. The SMILES string of the molecule is CCc1ccc([C@H](C)NC(=O)CNC(=O)c2cc(OC)c(OC)c(OC)c2)cc1.